The fourth-order valence-electron chi connectivity index (χ4n) is 3.54. The van der Waals surface area contributed by atoms with Gasteiger partial charge in [-0.25, -0.2) is 4.98 Å². The summed E-state index contributed by atoms with van der Waals surface area (Å²) in [7, 11) is 0. The number of rotatable bonds is 5. The van der Waals surface area contributed by atoms with E-state index >= 15 is 0 Å². The maximum atomic E-state index is 11.0. The number of piperazine rings is 1. The number of hydrogen-bond acceptors (Lipinski definition) is 5. The van der Waals surface area contributed by atoms with E-state index in [1.807, 2.05) is 24.3 Å². The first kappa shape index (κ1) is 18.9. The van der Waals surface area contributed by atoms with Crippen molar-refractivity contribution in [2.24, 2.45) is 0 Å². The Balaban J connectivity index is 1.69. The number of amides is 1. The van der Waals surface area contributed by atoms with Crippen molar-refractivity contribution in [3.8, 4) is 11.3 Å². The lowest BCUT2D eigenvalue weighted by Gasteiger charge is -2.33. The lowest BCUT2D eigenvalue weighted by atomic mass is 10.1. The van der Waals surface area contributed by atoms with Crippen molar-refractivity contribution in [2.75, 3.05) is 36.4 Å². The van der Waals surface area contributed by atoms with Crippen LogP contribution >= 0.6 is 0 Å². The molecule has 3 aromatic rings. The van der Waals surface area contributed by atoms with Crippen molar-refractivity contribution in [1.82, 2.24) is 14.9 Å². The molecule has 0 bridgehead atoms. The second kappa shape index (κ2) is 8.31. The Hall–Kier alpha value is -3.41. The van der Waals surface area contributed by atoms with Crippen molar-refractivity contribution < 1.29 is 4.79 Å². The van der Waals surface area contributed by atoms with E-state index in [1.54, 1.807) is 4.90 Å². The van der Waals surface area contributed by atoms with Crippen molar-refractivity contribution in [1.29, 1.82) is 0 Å². The molecule has 1 saturated heterocycles. The largest absolute Gasteiger partial charge is 0.353 e. The van der Waals surface area contributed by atoms with Crippen molar-refractivity contribution in [3.05, 3.63) is 65.7 Å². The van der Waals surface area contributed by atoms with E-state index in [0.29, 0.717) is 19.0 Å². The standard InChI is InChI=1S/C23H25N5O/c1-17-8-9-20(18(2)14-17)24-23-25-21(19-6-4-3-5-7-19)15-22(26-23)28-12-10-27(16-29)11-13-28/h3-9,14-16H,10-13H2,1-2H3,(H,24,25,26). The molecule has 0 saturated carbocycles. The van der Waals surface area contributed by atoms with E-state index in [9.17, 15) is 4.79 Å². The van der Waals surface area contributed by atoms with Gasteiger partial charge in [0.2, 0.25) is 12.4 Å². The van der Waals surface area contributed by atoms with E-state index in [4.69, 9.17) is 9.97 Å². The molecule has 1 amide bonds. The normalized spacial score (nSPS) is 14.0. The van der Waals surface area contributed by atoms with Crippen LogP contribution in [-0.2, 0) is 4.79 Å². The molecule has 0 aliphatic carbocycles. The Kier molecular flexibility index (Phi) is 5.42. The molecule has 29 heavy (non-hydrogen) atoms. The summed E-state index contributed by atoms with van der Waals surface area (Å²) in [6, 6.07) is 18.4. The number of nitrogens with zero attached hydrogens (tertiary/aromatic N) is 4. The Morgan fingerprint density at radius 2 is 1.69 bits per heavy atom. The molecule has 0 radical (unpaired) electrons. The molecule has 4 rings (SSSR count). The molecule has 1 aromatic heterocycles. The van der Waals surface area contributed by atoms with Crippen LogP contribution in [0.25, 0.3) is 11.3 Å². The second-order valence-electron chi connectivity index (χ2n) is 7.37. The first-order valence-electron chi connectivity index (χ1n) is 9.85. The van der Waals surface area contributed by atoms with Crippen LogP contribution in [0, 0.1) is 13.8 Å². The molecular formula is C23H25N5O. The third-order valence-corrected chi connectivity index (χ3v) is 5.20. The van der Waals surface area contributed by atoms with Crippen molar-refractivity contribution in [2.45, 2.75) is 13.8 Å². The van der Waals surface area contributed by atoms with E-state index in [0.717, 1.165) is 47.8 Å². The second-order valence-corrected chi connectivity index (χ2v) is 7.37. The number of benzene rings is 2. The number of hydrogen-bond donors (Lipinski definition) is 1. The summed E-state index contributed by atoms with van der Waals surface area (Å²) >= 11 is 0. The summed E-state index contributed by atoms with van der Waals surface area (Å²) in [6.07, 6.45) is 0.917. The maximum Gasteiger partial charge on any atom is 0.229 e. The Bertz CT molecular complexity index is 997. The molecular weight excluding hydrogens is 362 g/mol. The molecule has 6 heteroatoms. The van der Waals surface area contributed by atoms with Crippen LogP contribution in [0.5, 0.6) is 0 Å². The number of nitrogens with one attached hydrogen (secondary N) is 1. The summed E-state index contributed by atoms with van der Waals surface area (Å²) in [4.78, 5) is 24.6. The molecule has 0 unspecified atom stereocenters. The number of carbonyl (C=O) groups excluding carboxylic acids is 1. The summed E-state index contributed by atoms with van der Waals surface area (Å²) in [5.74, 6) is 1.45. The van der Waals surface area contributed by atoms with Gasteiger partial charge in [0.25, 0.3) is 0 Å². The molecule has 1 aliphatic heterocycles. The van der Waals surface area contributed by atoms with Gasteiger partial charge >= 0.3 is 0 Å². The van der Waals surface area contributed by atoms with Gasteiger partial charge in [-0.15, -0.1) is 0 Å². The minimum absolute atomic E-state index is 0.575. The van der Waals surface area contributed by atoms with Gasteiger partial charge in [-0.3, -0.25) is 4.79 Å². The molecule has 1 N–H and O–H groups in total. The summed E-state index contributed by atoms with van der Waals surface area (Å²) in [6.45, 7) is 7.08. The molecule has 2 aromatic carbocycles. The van der Waals surface area contributed by atoms with Gasteiger partial charge in [-0.1, -0.05) is 48.0 Å². The van der Waals surface area contributed by atoms with Crippen LogP contribution in [0.4, 0.5) is 17.5 Å². The topological polar surface area (TPSA) is 61.4 Å². The number of carbonyl (C=O) groups is 1. The molecule has 0 spiro atoms. The fourth-order valence-corrected chi connectivity index (χ4v) is 3.54. The zero-order chi connectivity index (χ0) is 20.2. The summed E-state index contributed by atoms with van der Waals surface area (Å²) < 4.78 is 0. The van der Waals surface area contributed by atoms with Crippen LogP contribution in [0.3, 0.4) is 0 Å². The first-order valence-corrected chi connectivity index (χ1v) is 9.85. The van der Waals surface area contributed by atoms with Crippen molar-refractivity contribution in [3.63, 3.8) is 0 Å². The Morgan fingerprint density at radius 1 is 0.931 bits per heavy atom. The SMILES string of the molecule is Cc1ccc(Nc2nc(-c3ccccc3)cc(N3CCN(C=O)CC3)n2)c(C)c1. The number of anilines is 3. The quantitative estimate of drug-likeness (QED) is 0.675. The van der Waals surface area contributed by atoms with Crippen LogP contribution in [0.1, 0.15) is 11.1 Å². The predicted molar refractivity (Wildman–Crippen MR) is 117 cm³/mol. The summed E-state index contributed by atoms with van der Waals surface area (Å²) in [5.41, 5.74) is 5.30. The van der Waals surface area contributed by atoms with Gasteiger partial charge in [0.15, 0.2) is 0 Å². The van der Waals surface area contributed by atoms with Crippen LogP contribution in [0.2, 0.25) is 0 Å². The highest BCUT2D eigenvalue weighted by Gasteiger charge is 2.19. The lowest BCUT2D eigenvalue weighted by Crippen LogP contribution is -2.46. The van der Waals surface area contributed by atoms with Gasteiger partial charge in [0.1, 0.15) is 5.82 Å². The van der Waals surface area contributed by atoms with E-state index < -0.39 is 0 Å². The smallest absolute Gasteiger partial charge is 0.229 e. The molecule has 2 heterocycles. The van der Waals surface area contributed by atoms with E-state index in [-0.39, 0.29) is 0 Å². The summed E-state index contributed by atoms with van der Waals surface area (Å²) in [5, 5.41) is 3.39. The monoisotopic (exact) mass is 387 g/mol. The zero-order valence-electron chi connectivity index (χ0n) is 16.8. The molecule has 6 nitrogen and oxygen atoms in total. The predicted octanol–water partition coefficient (Wildman–Crippen LogP) is 3.78. The van der Waals surface area contributed by atoms with Crippen LogP contribution in [0.15, 0.2) is 54.6 Å². The van der Waals surface area contributed by atoms with E-state index in [1.165, 1.54) is 5.56 Å². The van der Waals surface area contributed by atoms with Gasteiger partial charge in [0.05, 0.1) is 5.69 Å². The van der Waals surface area contributed by atoms with Gasteiger partial charge < -0.3 is 15.1 Å². The molecule has 0 atom stereocenters. The molecule has 1 fully saturated rings. The lowest BCUT2D eigenvalue weighted by molar-refractivity contribution is -0.118. The molecule has 148 valence electrons. The van der Waals surface area contributed by atoms with Gasteiger partial charge in [-0.2, -0.15) is 4.98 Å². The highest BCUT2D eigenvalue weighted by molar-refractivity contribution is 5.67. The number of aryl methyl sites for hydroxylation is 2. The van der Waals surface area contributed by atoms with Crippen molar-refractivity contribution >= 4 is 23.9 Å². The maximum absolute atomic E-state index is 11.0. The average molecular weight is 387 g/mol. The van der Waals surface area contributed by atoms with E-state index in [2.05, 4.69) is 54.4 Å². The average Bonchev–Trinajstić information content (AvgIpc) is 2.76. The highest BCUT2D eigenvalue weighted by Crippen LogP contribution is 2.26. The highest BCUT2D eigenvalue weighted by atomic mass is 16.1. The Labute approximate surface area is 171 Å². The third-order valence-electron chi connectivity index (χ3n) is 5.20. The van der Waals surface area contributed by atoms with Gasteiger partial charge in [0, 0.05) is 43.5 Å². The molecule has 1 aliphatic rings. The minimum atomic E-state index is 0.575. The zero-order valence-corrected chi connectivity index (χ0v) is 16.8. The minimum Gasteiger partial charge on any atom is -0.353 e. The number of aromatic nitrogens is 2. The van der Waals surface area contributed by atoms with Crippen LogP contribution < -0.4 is 10.2 Å². The fraction of sp³-hybridized carbons (Fsp3) is 0.261. The Morgan fingerprint density at radius 3 is 2.38 bits per heavy atom. The van der Waals surface area contributed by atoms with Gasteiger partial charge in [-0.05, 0) is 25.5 Å². The van der Waals surface area contributed by atoms with Crippen LogP contribution in [-0.4, -0.2) is 47.5 Å². The first-order chi connectivity index (χ1) is 14.1. The third kappa shape index (κ3) is 4.37.